The molecule has 1 rings (SSSR count). The van der Waals surface area contributed by atoms with E-state index in [4.69, 9.17) is 5.11 Å². The fourth-order valence-electron chi connectivity index (χ4n) is 1.07. The van der Waals surface area contributed by atoms with Crippen LogP contribution in [0.2, 0.25) is 0 Å². The van der Waals surface area contributed by atoms with E-state index >= 15 is 0 Å². The summed E-state index contributed by atoms with van der Waals surface area (Å²) in [6.45, 7) is 1.46. The minimum Gasteiger partial charge on any atom is -0.465 e. The lowest BCUT2D eigenvalue weighted by atomic mass is 10.2. The highest BCUT2D eigenvalue weighted by molar-refractivity contribution is 5.91. The first-order chi connectivity index (χ1) is 7.00. The average Bonchev–Trinajstić information content (AvgIpc) is 2.17. The van der Waals surface area contributed by atoms with Gasteiger partial charge < -0.3 is 10.0 Å². The maximum absolute atomic E-state index is 11.0. The van der Waals surface area contributed by atoms with E-state index in [2.05, 4.69) is 5.32 Å². The van der Waals surface area contributed by atoms with Crippen LogP contribution in [0.1, 0.15) is 6.92 Å². The van der Waals surface area contributed by atoms with Crippen molar-refractivity contribution in [1.29, 1.82) is 0 Å². The maximum Gasteiger partial charge on any atom is 0.409 e. The molecule has 0 radical (unpaired) electrons. The number of benzene rings is 1. The number of nitrogens with one attached hydrogen (secondary N) is 1. The summed E-state index contributed by atoms with van der Waals surface area (Å²) < 4.78 is 0. The summed E-state index contributed by atoms with van der Waals surface area (Å²) in [5.41, 5.74) is 1.20. The summed E-state index contributed by atoms with van der Waals surface area (Å²) in [5.74, 6) is -0.0751. The van der Waals surface area contributed by atoms with Gasteiger partial charge in [-0.1, -0.05) is 0 Å². The van der Waals surface area contributed by atoms with Crippen LogP contribution >= 0.6 is 0 Å². The van der Waals surface area contributed by atoms with Crippen molar-refractivity contribution in [2.24, 2.45) is 0 Å². The van der Waals surface area contributed by atoms with Crippen LogP contribution in [0.3, 0.4) is 0 Å². The Morgan fingerprint density at radius 2 is 1.80 bits per heavy atom. The number of carboxylic acid groups (broad SMARTS) is 1. The highest BCUT2D eigenvalue weighted by atomic mass is 16.4. The molecule has 2 N–H and O–H groups in total. The minimum absolute atomic E-state index is 0.0751. The lowest BCUT2D eigenvalue weighted by molar-refractivity contribution is -0.116. The molecule has 0 aliphatic rings. The van der Waals surface area contributed by atoms with Crippen molar-refractivity contribution in [2.45, 2.75) is 6.92 Å². The van der Waals surface area contributed by atoms with Crippen LogP contribution in [0.4, 0.5) is 16.2 Å². The van der Waals surface area contributed by atoms with Gasteiger partial charge in [0.05, 0.1) is 0 Å². The third-order valence-electron chi connectivity index (χ3n) is 1.98. The number of rotatable bonds is 2. The normalized spacial score (nSPS) is 9.47. The van der Waals surface area contributed by atoms with Crippen LogP contribution in [-0.4, -0.2) is 24.2 Å². The summed E-state index contributed by atoms with van der Waals surface area (Å²) in [6.07, 6.45) is -1.11. The summed E-state index contributed by atoms with van der Waals surface area (Å²) in [7, 11) is 1.65. The monoisotopic (exact) mass is 208 g/mol. The Kier molecular flexibility index (Phi) is 3.28. The van der Waals surface area contributed by atoms with Gasteiger partial charge in [-0.2, -0.15) is 0 Å². The molecule has 0 bridgehead atoms. The van der Waals surface area contributed by atoms with E-state index < -0.39 is 6.09 Å². The largest absolute Gasteiger partial charge is 0.465 e. The number of amides is 2. The molecule has 80 valence electrons. The number of carbonyl (C=O) groups is 2. The zero-order chi connectivity index (χ0) is 11.4. The molecule has 0 saturated carbocycles. The van der Waals surface area contributed by atoms with E-state index in [1.54, 1.807) is 31.3 Å². The second kappa shape index (κ2) is 4.45. The van der Waals surface area contributed by atoms with Gasteiger partial charge in [-0.3, -0.25) is 10.1 Å². The van der Waals surface area contributed by atoms with Crippen molar-refractivity contribution in [3.05, 3.63) is 24.3 Å². The van der Waals surface area contributed by atoms with Gasteiger partial charge in [-0.05, 0) is 24.3 Å². The van der Waals surface area contributed by atoms with Crippen molar-refractivity contribution >= 4 is 23.4 Å². The lowest BCUT2D eigenvalue weighted by Gasteiger charge is -2.14. The quantitative estimate of drug-likeness (QED) is 0.778. The number of hydrogen-bond acceptors (Lipinski definition) is 2. The first kappa shape index (κ1) is 11.0. The van der Waals surface area contributed by atoms with E-state index in [0.717, 1.165) is 5.69 Å². The van der Waals surface area contributed by atoms with Gasteiger partial charge in [0.25, 0.3) is 0 Å². The molecule has 0 unspecified atom stereocenters. The van der Waals surface area contributed by atoms with Gasteiger partial charge in [-0.25, -0.2) is 4.79 Å². The zero-order valence-corrected chi connectivity index (χ0v) is 8.52. The molecule has 0 aromatic heterocycles. The Morgan fingerprint density at radius 1 is 1.27 bits per heavy atom. The SMILES string of the molecule is CC(=O)N(C)c1ccc(NC(=O)O)cc1. The fourth-order valence-corrected chi connectivity index (χ4v) is 1.07. The molecular weight excluding hydrogens is 196 g/mol. The topological polar surface area (TPSA) is 69.6 Å². The van der Waals surface area contributed by atoms with E-state index in [1.165, 1.54) is 11.8 Å². The second-order valence-corrected chi connectivity index (χ2v) is 3.06. The highest BCUT2D eigenvalue weighted by Gasteiger charge is 2.05. The summed E-state index contributed by atoms with van der Waals surface area (Å²) in [5, 5.41) is 10.7. The zero-order valence-electron chi connectivity index (χ0n) is 8.52. The Morgan fingerprint density at radius 3 is 2.20 bits per heavy atom. The molecule has 5 heteroatoms. The molecule has 0 spiro atoms. The van der Waals surface area contributed by atoms with Crippen LogP contribution in [0.5, 0.6) is 0 Å². The first-order valence-electron chi connectivity index (χ1n) is 4.35. The Bertz CT molecular complexity index is 373. The van der Waals surface area contributed by atoms with Crippen molar-refractivity contribution < 1.29 is 14.7 Å². The number of carbonyl (C=O) groups excluding carboxylic acids is 1. The van der Waals surface area contributed by atoms with E-state index in [1.807, 2.05) is 0 Å². The number of anilines is 2. The molecule has 1 aromatic carbocycles. The van der Waals surface area contributed by atoms with Crippen LogP contribution in [0.25, 0.3) is 0 Å². The van der Waals surface area contributed by atoms with Crippen molar-refractivity contribution in [1.82, 2.24) is 0 Å². The molecule has 5 nitrogen and oxygen atoms in total. The van der Waals surface area contributed by atoms with E-state index in [-0.39, 0.29) is 5.91 Å². The molecule has 1 aromatic rings. The Balaban J connectivity index is 2.80. The third kappa shape index (κ3) is 2.98. The van der Waals surface area contributed by atoms with Crippen molar-refractivity contribution in [3.8, 4) is 0 Å². The van der Waals surface area contributed by atoms with Crippen LogP contribution < -0.4 is 10.2 Å². The molecule has 0 heterocycles. The summed E-state index contributed by atoms with van der Waals surface area (Å²) in [4.78, 5) is 22.8. The fraction of sp³-hybridized carbons (Fsp3) is 0.200. The van der Waals surface area contributed by atoms with Crippen LogP contribution in [-0.2, 0) is 4.79 Å². The molecule has 2 amide bonds. The molecule has 0 atom stereocenters. The predicted octanol–water partition coefficient (Wildman–Crippen LogP) is 1.76. The maximum atomic E-state index is 11.0. The molecule has 0 saturated heterocycles. The van der Waals surface area contributed by atoms with Crippen LogP contribution in [0.15, 0.2) is 24.3 Å². The van der Waals surface area contributed by atoms with Crippen molar-refractivity contribution in [2.75, 3.05) is 17.3 Å². The standard InChI is InChI=1S/C10H12N2O3/c1-7(13)12(2)9-5-3-8(4-6-9)11-10(14)15/h3-6,11H,1-2H3,(H,14,15). The van der Waals surface area contributed by atoms with Gasteiger partial charge in [0, 0.05) is 25.3 Å². The van der Waals surface area contributed by atoms with Gasteiger partial charge in [-0.15, -0.1) is 0 Å². The average molecular weight is 208 g/mol. The van der Waals surface area contributed by atoms with Gasteiger partial charge in [0.1, 0.15) is 0 Å². The minimum atomic E-state index is -1.11. The van der Waals surface area contributed by atoms with Gasteiger partial charge in [0.15, 0.2) is 0 Å². The Hall–Kier alpha value is -2.04. The molecule has 0 aliphatic carbocycles. The molecule has 0 aliphatic heterocycles. The second-order valence-electron chi connectivity index (χ2n) is 3.06. The molecular formula is C10H12N2O3. The van der Waals surface area contributed by atoms with Gasteiger partial charge in [0.2, 0.25) is 5.91 Å². The molecule has 15 heavy (non-hydrogen) atoms. The van der Waals surface area contributed by atoms with Gasteiger partial charge >= 0.3 is 6.09 Å². The molecule has 0 fully saturated rings. The number of hydrogen-bond donors (Lipinski definition) is 2. The Labute approximate surface area is 87.3 Å². The van der Waals surface area contributed by atoms with Crippen molar-refractivity contribution in [3.63, 3.8) is 0 Å². The van der Waals surface area contributed by atoms with Crippen LogP contribution in [0, 0.1) is 0 Å². The predicted molar refractivity (Wildman–Crippen MR) is 57.2 cm³/mol. The highest BCUT2D eigenvalue weighted by Crippen LogP contribution is 2.16. The number of nitrogens with zero attached hydrogens (tertiary/aromatic N) is 1. The first-order valence-corrected chi connectivity index (χ1v) is 4.35. The third-order valence-corrected chi connectivity index (χ3v) is 1.98. The van der Waals surface area contributed by atoms with E-state index in [9.17, 15) is 9.59 Å². The van der Waals surface area contributed by atoms with E-state index in [0.29, 0.717) is 5.69 Å². The smallest absolute Gasteiger partial charge is 0.409 e. The summed E-state index contributed by atoms with van der Waals surface area (Å²) >= 11 is 0. The summed E-state index contributed by atoms with van der Waals surface area (Å²) in [6, 6.07) is 6.55. The lowest BCUT2D eigenvalue weighted by Crippen LogP contribution is -2.22.